The van der Waals surface area contributed by atoms with E-state index in [1.54, 1.807) is 0 Å². The van der Waals surface area contributed by atoms with Crippen molar-refractivity contribution < 1.29 is 33.1 Å². The maximum atomic E-state index is 13.1. The normalized spacial score (nSPS) is 24.0. The maximum absolute atomic E-state index is 13.1. The van der Waals surface area contributed by atoms with Crippen molar-refractivity contribution in [3.05, 3.63) is 108 Å². The van der Waals surface area contributed by atoms with Crippen LogP contribution in [-0.2, 0) is 48.0 Å². The topological polar surface area (TPSA) is 78.4 Å². The average Bonchev–Trinajstić information content (AvgIpc) is 2.92. The SMILES string of the molecule is COCO[C@@H]1[C@@H](OCc2ccccc2)[C@H](OCc2ccccc2)[C@@H](COCc2ccccc2)OP1[O-]. The number of hydrogen-bond acceptors (Lipinski definition) is 7. The lowest BCUT2D eigenvalue weighted by atomic mass is 10.1. The summed E-state index contributed by atoms with van der Waals surface area (Å²) in [6.07, 6.45) is -1.85. The van der Waals surface area contributed by atoms with E-state index < -0.39 is 32.5 Å². The Kier molecular flexibility index (Phi) is 10.8. The Morgan fingerprint density at radius 2 is 1.19 bits per heavy atom. The third kappa shape index (κ3) is 7.90. The van der Waals surface area contributed by atoms with E-state index in [0.29, 0.717) is 19.8 Å². The van der Waals surface area contributed by atoms with Crippen molar-refractivity contribution in [3.63, 3.8) is 0 Å². The highest BCUT2D eigenvalue weighted by atomic mass is 31.2. The predicted molar refractivity (Wildman–Crippen MR) is 135 cm³/mol. The van der Waals surface area contributed by atoms with E-state index in [-0.39, 0.29) is 13.4 Å². The molecule has 3 aromatic rings. The fourth-order valence-corrected chi connectivity index (χ4v) is 5.19. The summed E-state index contributed by atoms with van der Waals surface area (Å²) in [6.45, 7) is 1.20. The van der Waals surface area contributed by atoms with E-state index in [0.717, 1.165) is 16.7 Å². The molecule has 0 N–H and O–H groups in total. The first-order valence-electron chi connectivity index (χ1n) is 11.9. The molecular weight excluding hydrogens is 479 g/mol. The fourth-order valence-electron chi connectivity index (χ4n) is 3.95. The Bertz CT molecular complexity index is 993. The lowest BCUT2D eigenvalue weighted by Gasteiger charge is -2.48. The van der Waals surface area contributed by atoms with Crippen LogP contribution >= 0.6 is 8.38 Å². The minimum Gasteiger partial charge on any atom is -0.806 e. The molecule has 1 saturated heterocycles. The van der Waals surface area contributed by atoms with Crippen molar-refractivity contribution in [2.75, 3.05) is 20.5 Å². The largest absolute Gasteiger partial charge is 0.806 e. The number of rotatable bonds is 13. The number of methoxy groups -OCH3 is 1. The molecule has 4 rings (SSSR count). The van der Waals surface area contributed by atoms with Crippen LogP contribution < -0.4 is 4.89 Å². The molecule has 0 aromatic heterocycles. The number of ether oxygens (including phenoxy) is 5. The average molecular weight is 512 g/mol. The second-order valence-corrected chi connectivity index (χ2v) is 9.71. The van der Waals surface area contributed by atoms with Gasteiger partial charge in [-0.25, -0.2) is 0 Å². The molecule has 8 heteroatoms. The highest BCUT2D eigenvalue weighted by Crippen LogP contribution is 2.46. The third-order valence-electron chi connectivity index (χ3n) is 5.74. The van der Waals surface area contributed by atoms with Gasteiger partial charge in [0.05, 0.1) is 26.4 Å². The van der Waals surface area contributed by atoms with E-state index >= 15 is 0 Å². The van der Waals surface area contributed by atoms with Gasteiger partial charge < -0.3 is 33.1 Å². The van der Waals surface area contributed by atoms with Gasteiger partial charge in [0, 0.05) is 7.11 Å². The quantitative estimate of drug-likeness (QED) is 0.249. The molecule has 1 aliphatic rings. The fraction of sp³-hybridized carbons (Fsp3) is 0.357. The smallest absolute Gasteiger partial charge is 0.147 e. The zero-order valence-corrected chi connectivity index (χ0v) is 21.2. The molecule has 1 heterocycles. The minimum absolute atomic E-state index is 0.0408. The van der Waals surface area contributed by atoms with Gasteiger partial charge in [0.2, 0.25) is 0 Å². The summed E-state index contributed by atoms with van der Waals surface area (Å²) in [5.41, 5.74) is 3.04. The summed E-state index contributed by atoms with van der Waals surface area (Å²) in [5, 5.41) is 0. The van der Waals surface area contributed by atoms with Crippen molar-refractivity contribution >= 4 is 8.38 Å². The molecule has 0 spiro atoms. The lowest BCUT2D eigenvalue weighted by molar-refractivity contribution is -0.249. The van der Waals surface area contributed by atoms with Gasteiger partial charge in [-0.2, -0.15) is 0 Å². The van der Waals surface area contributed by atoms with Gasteiger partial charge >= 0.3 is 0 Å². The minimum atomic E-state index is -2.23. The first kappa shape index (κ1) is 26.9. The van der Waals surface area contributed by atoms with Crippen LogP contribution in [0, 0.1) is 0 Å². The molecule has 1 unspecified atom stereocenters. The zero-order valence-electron chi connectivity index (χ0n) is 20.3. The van der Waals surface area contributed by atoms with E-state index in [2.05, 4.69) is 0 Å². The molecule has 1 aliphatic heterocycles. The monoisotopic (exact) mass is 511 g/mol. The van der Waals surface area contributed by atoms with E-state index in [1.807, 2.05) is 91.0 Å². The predicted octanol–water partition coefficient (Wildman–Crippen LogP) is 4.39. The van der Waals surface area contributed by atoms with Crippen LogP contribution in [-0.4, -0.2) is 44.7 Å². The molecule has 0 bridgehead atoms. The highest BCUT2D eigenvalue weighted by molar-refractivity contribution is 7.45. The van der Waals surface area contributed by atoms with Crippen molar-refractivity contribution in [1.82, 2.24) is 0 Å². The summed E-state index contributed by atoms with van der Waals surface area (Å²) in [6, 6.07) is 29.5. The van der Waals surface area contributed by atoms with Gasteiger partial charge in [-0.15, -0.1) is 0 Å². The van der Waals surface area contributed by atoms with Crippen LogP contribution in [0.1, 0.15) is 16.7 Å². The molecule has 0 saturated carbocycles. The Morgan fingerprint density at radius 1 is 0.694 bits per heavy atom. The molecular formula is C28H32O7P-. The van der Waals surface area contributed by atoms with Crippen LogP contribution in [0.4, 0.5) is 0 Å². The van der Waals surface area contributed by atoms with Crippen LogP contribution in [0.5, 0.6) is 0 Å². The Hall–Kier alpha value is -2.19. The maximum Gasteiger partial charge on any atom is 0.147 e. The molecule has 3 aromatic carbocycles. The summed E-state index contributed by atoms with van der Waals surface area (Å²) in [5.74, 6) is -0.852. The number of benzene rings is 3. The molecule has 0 amide bonds. The van der Waals surface area contributed by atoms with Gasteiger partial charge in [0.15, 0.2) is 0 Å². The van der Waals surface area contributed by atoms with Gasteiger partial charge in [0.1, 0.15) is 30.9 Å². The van der Waals surface area contributed by atoms with Crippen molar-refractivity contribution in [3.8, 4) is 0 Å². The number of hydrogen-bond donors (Lipinski definition) is 0. The van der Waals surface area contributed by atoms with Crippen molar-refractivity contribution in [2.24, 2.45) is 0 Å². The second-order valence-electron chi connectivity index (χ2n) is 8.42. The van der Waals surface area contributed by atoms with Gasteiger partial charge in [0.25, 0.3) is 0 Å². The van der Waals surface area contributed by atoms with E-state index in [4.69, 9.17) is 28.2 Å². The Morgan fingerprint density at radius 3 is 1.72 bits per heavy atom. The first-order valence-corrected chi connectivity index (χ1v) is 13.2. The zero-order chi connectivity index (χ0) is 25.0. The molecule has 36 heavy (non-hydrogen) atoms. The molecule has 1 fully saturated rings. The van der Waals surface area contributed by atoms with Crippen molar-refractivity contribution in [2.45, 2.75) is 44.0 Å². The molecule has 0 radical (unpaired) electrons. The van der Waals surface area contributed by atoms with Gasteiger partial charge in [-0.05, 0) is 25.1 Å². The molecule has 7 nitrogen and oxygen atoms in total. The van der Waals surface area contributed by atoms with Crippen LogP contribution in [0.15, 0.2) is 91.0 Å². The lowest BCUT2D eigenvalue weighted by Crippen LogP contribution is -2.55. The Balaban J connectivity index is 1.51. The van der Waals surface area contributed by atoms with Crippen molar-refractivity contribution in [1.29, 1.82) is 0 Å². The van der Waals surface area contributed by atoms with E-state index in [9.17, 15) is 4.89 Å². The van der Waals surface area contributed by atoms with Gasteiger partial charge in [-0.3, -0.25) is 0 Å². The Labute approximate surface area is 213 Å². The van der Waals surface area contributed by atoms with Crippen LogP contribution in [0.3, 0.4) is 0 Å². The summed E-state index contributed by atoms with van der Waals surface area (Å²) >= 11 is 0. The highest BCUT2D eigenvalue weighted by Gasteiger charge is 2.45. The summed E-state index contributed by atoms with van der Waals surface area (Å²) in [7, 11) is -0.711. The molecule has 192 valence electrons. The molecule has 0 aliphatic carbocycles. The first-order chi connectivity index (χ1) is 17.7. The third-order valence-corrected chi connectivity index (χ3v) is 7.08. The second kappa shape index (κ2) is 14.5. The standard InChI is InChI=1S/C28H32O7P/c1-30-21-34-28-27(33-19-24-15-9-4-10-16-24)26(32-18-23-13-7-3-8-14-23)25(35-36(28)29)20-31-17-22-11-5-2-6-12-22/h2-16,25-28H,17-21H2,1H3/q-1/t25-,26-,27+,28+,36?/m1/s1. The van der Waals surface area contributed by atoms with Crippen LogP contribution in [0.25, 0.3) is 0 Å². The van der Waals surface area contributed by atoms with Crippen LogP contribution in [0.2, 0.25) is 0 Å². The molecule has 5 atom stereocenters. The van der Waals surface area contributed by atoms with Gasteiger partial charge in [-0.1, -0.05) is 91.0 Å². The summed E-state index contributed by atoms with van der Waals surface area (Å²) < 4.78 is 35.4. The van der Waals surface area contributed by atoms with E-state index in [1.165, 1.54) is 7.11 Å². The summed E-state index contributed by atoms with van der Waals surface area (Å²) in [4.78, 5) is 13.1.